The van der Waals surface area contributed by atoms with E-state index < -0.39 is 5.97 Å². The first kappa shape index (κ1) is 15.9. The van der Waals surface area contributed by atoms with Crippen LogP contribution in [0.4, 0.5) is 0 Å². The van der Waals surface area contributed by atoms with Crippen LogP contribution in [0.25, 0.3) is 0 Å². The van der Waals surface area contributed by atoms with E-state index >= 15 is 0 Å². The quantitative estimate of drug-likeness (QED) is 0.408. The predicted octanol–water partition coefficient (Wildman–Crippen LogP) is -0.126. The molecule has 0 aliphatic carbocycles. The van der Waals surface area contributed by atoms with Crippen molar-refractivity contribution in [1.82, 2.24) is 0 Å². The molecule has 0 aliphatic rings. The minimum atomic E-state index is -0.981. The Morgan fingerprint density at radius 1 is 1.71 bits per heavy atom. The van der Waals surface area contributed by atoms with Crippen molar-refractivity contribution in [2.45, 2.75) is 0 Å². The Morgan fingerprint density at radius 2 is 1.86 bits per heavy atom. The standard InChI is InChI=1S/C3H4O2.B.Ni/c1-2-3(4)5;;/h2H,1H2,(H,4,5);;. The Labute approximate surface area is 54.1 Å². The second-order valence-electron chi connectivity index (χ2n) is 0.542. The van der Waals surface area contributed by atoms with E-state index in [-0.39, 0.29) is 24.9 Å². The summed E-state index contributed by atoms with van der Waals surface area (Å²) in [5.41, 5.74) is 0. The van der Waals surface area contributed by atoms with Gasteiger partial charge in [0.15, 0.2) is 0 Å². The van der Waals surface area contributed by atoms with E-state index in [1.54, 1.807) is 0 Å². The van der Waals surface area contributed by atoms with Gasteiger partial charge in [0.05, 0.1) is 0 Å². The van der Waals surface area contributed by atoms with Crippen molar-refractivity contribution in [1.29, 1.82) is 0 Å². The summed E-state index contributed by atoms with van der Waals surface area (Å²) in [4.78, 5) is 9.25. The first-order valence-electron chi connectivity index (χ1n) is 1.12. The van der Waals surface area contributed by atoms with Gasteiger partial charge in [-0.25, -0.2) is 4.79 Å². The van der Waals surface area contributed by atoms with Crippen molar-refractivity contribution in [3.63, 3.8) is 0 Å². The molecule has 0 aromatic heterocycles. The van der Waals surface area contributed by atoms with E-state index in [0.717, 1.165) is 6.08 Å². The molecule has 2 nitrogen and oxygen atoms in total. The molecule has 0 saturated carbocycles. The van der Waals surface area contributed by atoms with Crippen LogP contribution in [-0.2, 0) is 21.3 Å². The fourth-order valence-electron chi connectivity index (χ4n) is 0. The van der Waals surface area contributed by atoms with Crippen LogP contribution in [0.3, 0.4) is 0 Å². The predicted molar refractivity (Wildman–Crippen MR) is 23.6 cm³/mol. The van der Waals surface area contributed by atoms with E-state index in [0.29, 0.717) is 0 Å². The second-order valence-corrected chi connectivity index (χ2v) is 0.542. The van der Waals surface area contributed by atoms with E-state index in [2.05, 4.69) is 6.58 Å². The molecule has 41 valence electrons. The number of rotatable bonds is 1. The Hall–Kier alpha value is -0.232. The number of hydrogen-bond acceptors (Lipinski definition) is 1. The average molecular weight is 142 g/mol. The van der Waals surface area contributed by atoms with Crippen molar-refractivity contribution >= 4 is 14.4 Å². The van der Waals surface area contributed by atoms with E-state index in [1.807, 2.05) is 0 Å². The molecular formula is C3H4BNiO2. The number of carbonyl (C=O) groups is 1. The van der Waals surface area contributed by atoms with Gasteiger partial charge in [-0.3, -0.25) is 0 Å². The summed E-state index contributed by atoms with van der Waals surface area (Å²) in [5, 5.41) is 7.60. The van der Waals surface area contributed by atoms with E-state index in [4.69, 9.17) is 5.11 Å². The van der Waals surface area contributed by atoms with Crippen molar-refractivity contribution in [3.8, 4) is 0 Å². The maximum absolute atomic E-state index is 9.25. The van der Waals surface area contributed by atoms with Crippen LogP contribution in [0.15, 0.2) is 12.7 Å². The largest absolute Gasteiger partial charge is 0.478 e. The minimum absolute atomic E-state index is 0. The monoisotopic (exact) mass is 141 g/mol. The van der Waals surface area contributed by atoms with Gasteiger partial charge in [0.1, 0.15) is 0 Å². The summed E-state index contributed by atoms with van der Waals surface area (Å²) in [5.74, 6) is -0.981. The summed E-state index contributed by atoms with van der Waals surface area (Å²) in [6, 6.07) is 0. The van der Waals surface area contributed by atoms with Crippen molar-refractivity contribution in [3.05, 3.63) is 12.7 Å². The zero-order chi connectivity index (χ0) is 4.28. The Bertz CT molecular complexity index is 64.0. The van der Waals surface area contributed by atoms with Gasteiger partial charge < -0.3 is 5.11 Å². The third kappa shape index (κ3) is 26.2. The average Bonchev–Trinajstić information content (AvgIpc) is 1.38. The van der Waals surface area contributed by atoms with Gasteiger partial charge in [-0.15, -0.1) is 0 Å². The smallest absolute Gasteiger partial charge is 0.327 e. The second kappa shape index (κ2) is 9.24. The molecule has 0 rings (SSSR count). The molecule has 0 saturated heterocycles. The maximum atomic E-state index is 9.25. The molecule has 0 bridgehead atoms. The van der Waals surface area contributed by atoms with E-state index in [1.165, 1.54) is 0 Å². The van der Waals surface area contributed by atoms with Gasteiger partial charge in [-0.1, -0.05) is 6.58 Å². The van der Waals surface area contributed by atoms with Crippen LogP contribution in [0.2, 0.25) is 0 Å². The van der Waals surface area contributed by atoms with Gasteiger partial charge in [-0.05, 0) is 0 Å². The Kier molecular flexibility index (Phi) is 20.9. The Balaban J connectivity index is -0.0000000800. The molecule has 0 aromatic rings. The fraction of sp³-hybridized carbons (Fsp3) is 0. The maximum Gasteiger partial charge on any atom is 0.327 e. The van der Waals surface area contributed by atoms with Crippen molar-refractivity contribution < 1.29 is 26.4 Å². The van der Waals surface area contributed by atoms with Crippen LogP contribution >= 0.6 is 0 Å². The summed E-state index contributed by atoms with van der Waals surface area (Å²) in [6.45, 7) is 2.96. The van der Waals surface area contributed by atoms with Crippen LogP contribution in [0, 0.1) is 0 Å². The third-order valence-electron chi connectivity index (χ3n) is 0.175. The van der Waals surface area contributed by atoms with Crippen LogP contribution in [0.5, 0.6) is 0 Å². The first-order valence-corrected chi connectivity index (χ1v) is 1.12. The summed E-state index contributed by atoms with van der Waals surface area (Å²) in [6.07, 6.45) is 0.833. The SMILES string of the molecule is C=CC(=O)O.[B].[Ni]. The molecule has 4 heteroatoms. The molecule has 0 spiro atoms. The Morgan fingerprint density at radius 3 is 1.86 bits per heavy atom. The van der Waals surface area contributed by atoms with Crippen LogP contribution in [-0.4, -0.2) is 19.5 Å². The molecule has 0 unspecified atom stereocenters. The minimum Gasteiger partial charge on any atom is -0.478 e. The molecule has 1 N–H and O–H groups in total. The molecule has 0 aromatic carbocycles. The molecule has 0 heterocycles. The van der Waals surface area contributed by atoms with Gasteiger partial charge in [0.2, 0.25) is 0 Å². The van der Waals surface area contributed by atoms with E-state index in [9.17, 15) is 4.79 Å². The summed E-state index contributed by atoms with van der Waals surface area (Å²) in [7, 11) is 0. The van der Waals surface area contributed by atoms with Gasteiger partial charge >= 0.3 is 5.97 Å². The third-order valence-corrected chi connectivity index (χ3v) is 0.175. The fourth-order valence-corrected chi connectivity index (χ4v) is 0. The van der Waals surface area contributed by atoms with Gasteiger partial charge in [-0.2, -0.15) is 0 Å². The van der Waals surface area contributed by atoms with Crippen molar-refractivity contribution in [2.75, 3.05) is 0 Å². The number of carboxylic acids is 1. The van der Waals surface area contributed by atoms with Crippen LogP contribution < -0.4 is 0 Å². The van der Waals surface area contributed by atoms with Crippen molar-refractivity contribution in [2.24, 2.45) is 0 Å². The topological polar surface area (TPSA) is 37.3 Å². The molecular weight excluding hydrogens is 138 g/mol. The number of hydrogen-bond donors (Lipinski definition) is 1. The zero-order valence-electron chi connectivity index (χ0n) is 3.53. The summed E-state index contributed by atoms with van der Waals surface area (Å²) < 4.78 is 0. The molecule has 3 radical (unpaired) electrons. The van der Waals surface area contributed by atoms with Gasteiger partial charge in [0.25, 0.3) is 0 Å². The molecule has 0 amide bonds. The zero-order valence-corrected chi connectivity index (χ0v) is 4.52. The molecule has 7 heavy (non-hydrogen) atoms. The normalized spacial score (nSPS) is 4.57. The summed E-state index contributed by atoms with van der Waals surface area (Å²) >= 11 is 0. The molecule has 0 aliphatic heterocycles. The molecule has 0 fully saturated rings. The first-order chi connectivity index (χ1) is 2.27. The number of aliphatic carboxylic acids is 1. The van der Waals surface area contributed by atoms with Crippen LogP contribution in [0.1, 0.15) is 0 Å². The van der Waals surface area contributed by atoms with Gasteiger partial charge in [0, 0.05) is 31.0 Å². The number of carboxylic acid groups (broad SMARTS) is 1. The molecule has 0 atom stereocenters.